The van der Waals surface area contributed by atoms with Crippen LogP contribution in [-0.4, -0.2) is 53.0 Å². The number of carbonyl (C=O) groups excluding carboxylic acids is 2. The number of hydrogen-bond donors (Lipinski definition) is 1. The lowest BCUT2D eigenvalue weighted by Gasteiger charge is -2.34. The van der Waals surface area contributed by atoms with Gasteiger partial charge in [-0.05, 0) is 60.6 Å². The molecule has 1 N–H and O–H groups in total. The van der Waals surface area contributed by atoms with Crippen LogP contribution in [0.15, 0.2) is 54.2 Å². The molecule has 0 spiro atoms. The number of likely N-dealkylation sites (tertiary alicyclic amines) is 1. The van der Waals surface area contributed by atoms with E-state index in [-0.39, 0.29) is 30.9 Å². The van der Waals surface area contributed by atoms with Gasteiger partial charge in [0.1, 0.15) is 11.5 Å². The van der Waals surface area contributed by atoms with Crippen LogP contribution < -0.4 is 0 Å². The molecule has 4 rings (SSSR count). The van der Waals surface area contributed by atoms with Crippen molar-refractivity contribution in [1.29, 1.82) is 0 Å². The minimum atomic E-state index is -0.402. The first-order valence-electron chi connectivity index (χ1n) is 10.4. The van der Waals surface area contributed by atoms with Crippen molar-refractivity contribution in [2.75, 3.05) is 26.2 Å². The van der Waals surface area contributed by atoms with E-state index in [1.165, 1.54) is 29.2 Å². The number of hydrogen-bond acceptors (Lipinski definition) is 4. The molecule has 1 unspecified atom stereocenters. The topological polar surface area (TPSA) is 60.9 Å². The summed E-state index contributed by atoms with van der Waals surface area (Å²) in [5.41, 5.74) is 2.15. The second kappa shape index (κ2) is 9.20. The van der Waals surface area contributed by atoms with E-state index in [1.807, 2.05) is 17.0 Å². The molecule has 2 amide bonds. The lowest BCUT2D eigenvalue weighted by Crippen LogP contribution is -2.41. The van der Waals surface area contributed by atoms with Crippen LogP contribution in [0.4, 0.5) is 4.39 Å². The molecule has 0 radical (unpaired) electrons. The third-order valence-corrected chi connectivity index (χ3v) is 6.16. The zero-order chi connectivity index (χ0) is 22.0. The zero-order valence-corrected chi connectivity index (χ0v) is 17.8. The molecule has 2 aliphatic heterocycles. The standard InChI is InChI=1S/C24H24ClFN2O3/c25-19-7-3-16(4-8-19)11-13-28-23(30)21(18-5-9-20(26)10-6-18)22(24(28)31)27-12-1-2-17(14-27)15-29/h3-10,17,29H,1-2,11-15H2. The Labute approximate surface area is 185 Å². The molecule has 7 heteroatoms. The summed E-state index contributed by atoms with van der Waals surface area (Å²) in [7, 11) is 0. The molecule has 0 aromatic heterocycles. The summed E-state index contributed by atoms with van der Waals surface area (Å²) in [4.78, 5) is 29.9. The average molecular weight is 443 g/mol. The molecule has 2 aromatic carbocycles. The predicted molar refractivity (Wildman–Crippen MR) is 117 cm³/mol. The Hall–Kier alpha value is -2.70. The van der Waals surface area contributed by atoms with E-state index in [0.29, 0.717) is 41.4 Å². The van der Waals surface area contributed by atoms with Gasteiger partial charge in [0.2, 0.25) is 0 Å². The quantitative estimate of drug-likeness (QED) is 0.695. The first-order valence-corrected chi connectivity index (χ1v) is 10.8. The van der Waals surface area contributed by atoms with Gasteiger partial charge in [0.05, 0.1) is 5.57 Å². The SMILES string of the molecule is O=C1C(c2ccc(F)cc2)=C(N2CCCC(CO)C2)C(=O)N1CCc1ccc(Cl)cc1. The molecule has 2 aromatic rings. The second-order valence-electron chi connectivity index (χ2n) is 8.01. The number of nitrogens with zero attached hydrogens (tertiary/aromatic N) is 2. The van der Waals surface area contributed by atoms with Crippen LogP contribution in [0.25, 0.3) is 5.57 Å². The number of amides is 2. The average Bonchev–Trinajstić information content (AvgIpc) is 3.03. The summed E-state index contributed by atoms with van der Waals surface area (Å²) >= 11 is 5.94. The smallest absolute Gasteiger partial charge is 0.277 e. The molecule has 2 heterocycles. The maximum Gasteiger partial charge on any atom is 0.277 e. The van der Waals surface area contributed by atoms with Gasteiger partial charge >= 0.3 is 0 Å². The van der Waals surface area contributed by atoms with Gasteiger partial charge in [-0.2, -0.15) is 0 Å². The lowest BCUT2D eigenvalue weighted by atomic mass is 9.97. The van der Waals surface area contributed by atoms with Crippen LogP contribution in [-0.2, 0) is 16.0 Å². The first kappa shape index (κ1) is 21.5. The van der Waals surface area contributed by atoms with Crippen LogP contribution >= 0.6 is 11.6 Å². The van der Waals surface area contributed by atoms with Crippen molar-refractivity contribution >= 4 is 29.0 Å². The molecule has 2 aliphatic rings. The molecule has 31 heavy (non-hydrogen) atoms. The van der Waals surface area contributed by atoms with Crippen molar-refractivity contribution in [3.05, 3.63) is 76.2 Å². The minimum Gasteiger partial charge on any atom is -0.396 e. The largest absolute Gasteiger partial charge is 0.396 e. The number of carbonyl (C=O) groups is 2. The molecule has 5 nitrogen and oxygen atoms in total. The molecule has 1 atom stereocenters. The van der Waals surface area contributed by atoms with Gasteiger partial charge in [0, 0.05) is 31.3 Å². The Morgan fingerprint density at radius 1 is 1.03 bits per heavy atom. The molecule has 0 saturated carbocycles. The second-order valence-corrected chi connectivity index (χ2v) is 8.44. The van der Waals surface area contributed by atoms with Crippen LogP contribution in [0, 0.1) is 11.7 Å². The lowest BCUT2D eigenvalue weighted by molar-refractivity contribution is -0.137. The Morgan fingerprint density at radius 2 is 1.74 bits per heavy atom. The van der Waals surface area contributed by atoms with Crippen molar-refractivity contribution in [3.63, 3.8) is 0 Å². The number of benzene rings is 2. The van der Waals surface area contributed by atoms with E-state index in [0.717, 1.165) is 18.4 Å². The zero-order valence-electron chi connectivity index (χ0n) is 17.1. The van der Waals surface area contributed by atoms with Gasteiger partial charge in [-0.25, -0.2) is 4.39 Å². The molecule has 162 valence electrons. The molecular formula is C24H24ClFN2O3. The van der Waals surface area contributed by atoms with Gasteiger partial charge in [0.25, 0.3) is 11.8 Å². The monoisotopic (exact) mass is 442 g/mol. The van der Waals surface area contributed by atoms with E-state index in [9.17, 15) is 19.1 Å². The van der Waals surface area contributed by atoms with Gasteiger partial charge in [-0.3, -0.25) is 14.5 Å². The number of aliphatic hydroxyl groups is 1. The Kier molecular flexibility index (Phi) is 6.39. The van der Waals surface area contributed by atoms with E-state index in [2.05, 4.69) is 0 Å². The van der Waals surface area contributed by atoms with E-state index in [4.69, 9.17) is 11.6 Å². The van der Waals surface area contributed by atoms with E-state index in [1.54, 1.807) is 12.1 Å². The van der Waals surface area contributed by atoms with Crippen molar-refractivity contribution in [3.8, 4) is 0 Å². The normalized spacial score (nSPS) is 19.5. The highest BCUT2D eigenvalue weighted by Crippen LogP contribution is 2.34. The third kappa shape index (κ3) is 4.50. The fraction of sp³-hybridized carbons (Fsp3) is 0.333. The number of piperidine rings is 1. The maximum absolute atomic E-state index is 13.5. The Morgan fingerprint density at radius 3 is 2.42 bits per heavy atom. The van der Waals surface area contributed by atoms with Crippen molar-refractivity contribution < 1.29 is 19.1 Å². The summed E-state index contributed by atoms with van der Waals surface area (Å²) in [6.07, 6.45) is 2.23. The highest BCUT2D eigenvalue weighted by molar-refractivity contribution is 6.35. The van der Waals surface area contributed by atoms with Crippen LogP contribution in [0.5, 0.6) is 0 Å². The van der Waals surface area contributed by atoms with Crippen molar-refractivity contribution in [2.24, 2.45) is 5.92 Å². The number of halogens is 2. The summed E-state index contributed by atoms with van der Waals surface area (Å²) < 4.78 is 13.5. The summed E-state index contributed by atoms with van der Waals surface area (Å²) in [5, 5.41) is 10.2. The van der Waals surface area contributed by atoms with Gasteiger partial charge < -0.3 is 10.0 Å². The first-order chi connectivity index (χ1) is 15.0. The molecule has 0 bridgehead atoms. The molecule has 0 aliphatic carbocycles. The molecular weight excluding hydrogens is 419 g/mol. The predicted octanol–water partition coefficient (Wildman–Crippen LogP) is 3.51. The highest BCUT2D eigenvalue weighted by Gasteiger charge is 2.42. The fourth-order valence-electron chi connectivity index (χ4n) is 4.25. The number of imide groups is 1. The Balaban J connectivity index is 1.64. The van der Waals surface area contributed by atoms with Crippen molar-refractivity contribution in [2.45, 2.75) is 19.3 Å². The van der Waals surface area contributed by atoms with Crippen LogP contribution in [0.2, 0.25) is 5.02 Å². The number of aliphatic hydroxyl groups excluding tert-OH is 1. The van der Waals surface area contributed by atoms with E-state index < -0.39 is 5.82 Å². The third-order valence-electron chi connectivity index (χ3n) is 5.91. The fourth-order valence-corrected chi connectivity index (χ4v) is 4.37. The maximum atomic E-state index is 13.5. The van der Waals surface area contributed by atoms with Gasteiger partial charge in [-0.15, -0.1) is 0 Å². The van der Waals surface area contributed by atoms with Crippen LogP contribution in [0.3, 0.4) is 0 Å². The highest BCUT2D eigenvalue weighted by atomic mass is 35.5. The van der Waals surface area contributed by atoms with E-state index >= 15 is 0 Å². The summed E-state index contributed by atoms with van der Waals surface area (Å²) in [6.45, 7) is 1.43. The number of rotatable bonds is 6. The summed E-state index contributed by atoms with van der Waals surface area (Å²) in [6, 6.07) is 13.0. The summed E-state index contributed by atoms with van der Waals surface area (Å²) in [5.74, 6) is -1.05. The van der Waals surface area contributed by atoms with Gasteiger partial charge in [-0.1, -0.05) is 35.9 Å². The molecule has 1 fully saturated rings. The Bertz CT molecular complexity index is 1000. The van der Waals surface area contributed by atoms with Gasteiger partial charge in [0.15, 0.2) is 0 Å². The van der Waals surface area contributed by atoms with Crippen LogP contribution in [0.1, 0.15) is 24.0 Å². The molecule has 1 saturated heterocycles. The minimum absolute atomic E-state index is 0.0398. The van der Waals surface area contributed by atoms with Crippen molar-refractivity contribution in [1.82, 2.24) is 9.80 Å².